The third-order valence-corrected chi connectivity index (χ3v) is 6.70. The van der Waals surface area contributed by atoms with E-state index in [-0.39, 0.29) is 10.8 Å². The van der Waals surface area contributed by atoms with Gasteiger partial charge in [-0.05, 0) is 43.3 Å². The number of nitrogens with one attached hydrogen (secondary N) is 1. The zero-order valence-electron chi connectivity index (χ0n) is 18.1. The van der Waals surface area contributed by atoms with Gasteiger partial charge < -0.3 is 19.3 Å². The van der Waals surface area contributed by atoms with Crippen LogP contribution < -0.4 is 14.4 Å². The maximum absolute atomic E-state index is 12.4. The predicted molar refractivity (Wildman–Crippen MR) is 119 cm³/mol. The minimum atomic E-state index is -3.86. The molecule has 2 aromatic rings. The maximum atomic E-state index is 12.4. The average molecular weight is 462 g/mol. The fraction of sp³-hybridized carbons (Fsp3) is 0.364. The van der Waals surface area contributed by atoms with E-state index in [1.54, 1.807) is 30.2 Å². The molecule has 9 nitrogen and oxygen atoms in total. The highest BCUT2D eigenvalue weighted by molar-refractivity contribution is 7.89. The van der Waals surface area contributed by atoms with E-state index in [0.717, 1.165) is 11.4 Å². The van der Waals surface area contributed by atoms with Gasteiger partial charge in [-0.15, -0.1) is 0 Å². The molecular formula is C22H27N3O6S. The number of esters is 1. The van der Waals surface area contributed by atoms with Crippen LogP contribution >= 0.6 is 0 Å². The third-order valence-electron chi connectivity index (χ3n) is 5.15. The maximum Gasteiger partial charge on any atom is 0.324 e. The van der Waals surface area contributed by atoms with Crippen molar-refractivity contribution in [1.82, 2.24) is 9.62 Å². The van der Waals surface area contributed by atoms with E-state index in [0.29, 0.717) is 26.2 Å². The summed E-state index contributed by atoms with van der Waals surface area (Å²) in [4.78, 5) is 28.5. The molecule has 3 rings (SSSR count). The van der Waals surface area contributed by atoms with Crippen LogP contribution in [0, 0.1) is 0 Å². The summed E-state index contributed by atoms with van der Waals surface area (Å²) < 4.78 is 37.1. The quantitative estimate of drug-likeness (QED) is 0.590. The lowest BCUT2D eigenvalue weighted by molar-refractivity contribution is -0.153. The molecule has 1 amide bonds. The number of methoxy groups -OCH3 is 1. The standard InChI is InChI=1S/C22H27N3O6S/c1-17(23-32(28,29)20-6-4-3-5-7-20)22(27)31-16-21(26)25-14-12-24(13-15-25)18-8-10-19(30-2)11-9-18/h3-11,17,23H,12-16H2,1-2H3/t17-/m0/s1. The number of amides is 1. The second-order valence-corrected chi connectivity index (χ2v) is 9.04. The summed E-state index contributed by atoms with van der Waals surface area (Å²) in [5.74, 6) is -0.342. The number of hydrogen-bond acceptors (Lipinski definition) is 7. The normalized spacial score (nSPS) is 15.2. The Morgan fingerprint density at radius 3 is 2.22 bits per heavy atom. The summed E-state index contributed by atoms with van der Waals surface area (Å²) >= 11 is 0. The summed E-state index contributed by atoms with van der Waals surface area (Å²) in [6, 6.07) is 14.3. The SMILES string of the molecule is COc1ccc(N2CCN(C(=O)COC(=O)[C@H](C)NS(=O)(=O)c3ccccc3)CC2)cc1. The van der Waals surface area contributed by atoms with Crippen LogP contribution in [0.15, 0.2) is 59.5 Å². The van der Waals surface area contributed by atoms with Gasteiger partial charge in [0.2, 0.25) is 10.0 Å². The molecule has 0 saturated carbocycles. The van der Waals surface area contributed by atoms with Crippen molar-refractivity contribution in [1.29, 1.82) is 0 Å². The van der Waals surface area contributed by atoms with Crippen LogP contribution in [0.4, 0.5) is 5.69 Å². The Bertz CT molecular complexity index is 1020. The highest BCUT2D eigenvalue weighted by Crippen LogP contribution is 2.20. The van der Waals surface area contributed by atoms with E-state index in [4.69, 9.17) is 9.47 Å². The first kappa shape index (κ1) is 23.6. The van der Waals surface area contributed by atoms with Gasteiger partial charge in [0.05, 0.1) is 12.0 Å². The molecule has 10 heteroatoms. The molecule has 0 radical (unpaired) electrons. The van der Waals surface area contributed by atoms with Crippen molar-refractivity contribution in [3.05, 3.63) is 54.6 Å². The molecule has 1 atom stereocenters. The lowest BCUT2D eigenvalue weighted by Gasteiger charge is -2.36. The number of ether oxygens (including phenoxy) is 2. The molecule has 1 aliphatic rings. The van der Waals surface area contributed by atoms with Gasteiger partial charge in [0.15, 0.2) is 6.61 Å². The average Bonchev–Trinajstić information content (AvgIpc) is 2.82. The van der Waals surface area contributed by atoms with Crippen molar-refractivity contribution in [2.75, 3.05) is 44.8 Å². The number of carbonyl (C=O) groups excluding carboxylic acids is 2. The van der Waals surface area contributed by atoms with Crippen molar-refractivity contribution < 1.29 is 27.5 Å². The van der Waals surface area contributed by atoms with Crippen LogP contribution in [0.1, 0.15) is 6.92 Å². The second kappa shape index (κ2) is 10.5. The Kier molecular flexibility index (Phi) is 7.70. The first-order valence-electron chi connectivity index (χ1n) is 10.2. The predicted octanol–water partition coefficient (Wildman–Crippen LogP) is 1.25. The monoisotopic (exact) mass is 461 g/mol. The van der Waals surface area contributed by atoms with Crippen molar-refractivity contribution >= 4 is 27.6 Å². The van der Waals surface area contributed by atoms with Crippen molar-refractivity contribution in [3.8, 4) is 5.75 Å². The first-order chi connectivity index (χ1) is 15.3. The van der Waals surface area contributed by atoms with Crippen molar-refractivity contribution in [2.24, 2.45) is 0 Å². The molecule has 32 heavy (non-hydrogen) atoms. The number of rotatable bonds is 8. The molecule has 0 bridgehead atoms. The molecule has 1 saturated heterocycles. The smallest absolute Gasteiger partial charge is 0.324 e. The fourth-order valence-corrected chi connectivity index (χ4v) is 4.52. The van der Waals surface area contributed by atoms with Crippen molar-refractivity contribution in [3.63, 3.8) is 0 Å². The number of hydrogen-bond donors (Lipinski definition) is 1. The van der Waals surface area contributed by atoms with E-state index < -0.39 is 28.6 Å². The molecule has 0 unspecified atom stereocenters. The molecular weight excluding hydrogens is 434 g/mol. The number of piperazine rings is 1. The molecule has 0 aliphatic carbocycles. The van der Waals surface area contributed by atoms with Gasteiger partial charge in [0.25, 0.3) is 5.91 Å². The lowest BCUT2D eigenvalue weighted by atomic mass is 10.2. The molecule has 0 spiro atoms. The highest BCUT2D eigenvalue weighted by Gasteiger charge is 2.26. The Morgan fingerprint density at radius 1 is 1.00 bits per heavy atom. The molecule has 0 aromatic heterocycles. The summed E-state index contributed by atoms with van der Waals surface area (Å²) in [7, 11) is -2.24. The van der Waals surface area contributed by atoms with Crippen LogP contribution in [-0.2, 0) is 24.3 Å². The van der Waals surface area contributed by atoms with E-state index in [9.17, 15) is 18.0 Å². The summed E-state index contributed by atoms with van der Waals surface area (Å²) in [5, 5.41) is 0. The van der Waals surface area contributed by atoms with Crippen LogP contribution in [0.3, 0.4) is 0 Å². The molecule has 1 N–H and O–H groups in total. The van der Waals surface area contributed by atoms with Gasteiger partial charge in [0, 0.05) is 31.9 Å². The molecule has 1 aliphatic heterocycles. The van der Waals surface area contributed by atoms with E-state index in [1.165, 1.54) is 19.1 Å². The third kappa shape index (κ3) is 5.98. The molecule has 1 heterocycles. The summed E-state index contributed by atoms with van der Waals surface area (Å²) in [5.41, 5.74) is 1.05. The van der Waals surface area contributed by atoms with E-state index in [2.05, 4.69) is 9.62 Å². The van der Waals surface area contributed by atoms with Gasteiger partial charge in [0.1, 0.15) is 11.8 Å². The Morgan fingerprint density at radius 2 is 1.62 bits per heavy atom. The highest BCUT2D eigenvalue weighted by atomic mass is 32.2. The van der Waals surface area contributed by atoms with Crippen LogP contribution in [0.2, 0.25) is 0 Å². The lowest BCUT2D eigenvalue weighted by Crippen LogP contribution is -2.50. The van der Waals surface area contributed by atoms with E-state index >= 15 is 0 Å². The Labute approximate surface area is 188 Å². The summed E-state index contributed by atoms with van der Waals surface area (Å²) in [6.07, 6.45) is 0. The second-order valence-electron chi connectivity index (χ2n) is 7.33. The van der Waals surface area contributed by atoms with Gasteiger partial charge in [-0.3, -0.25) is 9.59 Å². The first-order valence-corrected chi connectivity index (χ1v) is 11.7. The Balaban J connectivity index is 1.44. The fourth-order valence-electron chi connectivity index (χ4n) is 3.30. The molecule has 172 valence electrons. The number of anilines is 1. The zero-order chi connectivity index (χ0) is 23.1. The van der Waals surface area contributed by atoms with Gasteiger partial charge in [-0.2, -0.15) is 4.72 Å². The molecule has 1 fully saturated rings. The van der Waals surface area contributed by atoms with Gasteiger partial charge >= 0.3 is 5.97 Å². The van der Waals surface area contributed by atoms with Gasteiger partial charge in [-0.25, -0.2) is 8.42 Å². The number of carbonyl (C=O) groups is 2. The van der Waals surface area contributed by atoms with E-state index in [1.807, 2.05) is 24.3 Å². The topological polar surface area (TPSA) is 105 Å². The summed E-state index contributed by atoms with van der Waals surface area (Å²) in [6.45, 7) is 3.25. The number of nitrogens with zero attached hydrogens (tertiary/aromatic N) is 2. The van der Waals surface area contributed by atoms with Crippen LogP contribution in [-0.4, -0.2) is 71.1 Å². The van der Waals surface area contributed by atoms with Crippen LogP contribution in [0.25, 0.3) is 0 Å². The van der Waals surface area contributed by atoms with Crippen molar-refractivity contribution in [2.45, 2.75) is 17.9 Å². The van der Waals surface area contributed by atoms with Crippen LogP contribution in [0.5, 0.6) is 5.75 Å². The Hall–Kier alpha value is -3.11. The minimum absolute atomic E-state index is 0.0467. The van der Waals surface area contributed by atoms with Gasteiger partial charge in [-0.1, -0.05) is 18.2 Å². The number of sulfonamides is 1. The largest absolute Gasteiger partial charge is 0.497 e. The minimum Gasteiger partial charge on any atom is -0.497 e. The zero-order valence-corrected chi connectivity index (χ0v) is 18.9. The molecule has 2 aromatic carbocycles. The number of benzene rings is 2.